The smallest absolute Gasteiger partial charge is 0.134 e. The number of rotatable bonds is 3. The number of hydrogen-bond acceptors (Lipinski definition) is 3. The molecule has 3 nitrogen and oxygen atoms in total. The molecule has 2 rings (SSSR count). The van der Waals surface area contributed by atoms with Crippen LogP contribution in [0.4, 0.5) is 0 Å². The molecule has 1 aliphatic heterocycles. The van der Waals surface area contributed by atoms with Gasteiger partial charge < -0.3 is 9.47 Å². The molecule has 3 heteroatoms. The Kier molecular flexibility index (Phi) is 3.42. The van der Waals surface area contributed by atoms with Crippen molar-refractivity contribution in [1.29, 1.82) is 0 Å². The highest BCUT2D eigenvalue weighted by Gasteiger charge is 2.31. The highest BCUT2D eigenvalue weighted by Crippen LogP contribution is 2.27. The molecule has 1 saturated heterocycles. The molecule has 14 heavy (non-hydrogen) atoms. The fourth-order valence-corrected chi connectivity index (χ4v) is 1.91. The molecule has 0 N–H and O–H groups in total. The van der Waals surface area contributed by atoms with Gasteiger partial charge in [0.05, 0.1) is 12.7 Å². The number of ether oxygens (including phenoxy) is 2. The molecule has 0 bridgehead atoms. The van der Waals surface area contributed by atoms with Crippen LogP contribution in [0.25, 0.3) is 0 Å². The maximum atomic E-state index is 5.96. The first-order chi connectivity index (χ1) is 6.77. The molecule has 1 unspecified atom stereocenters. The maximum absolute atomic E-state index is 5.96. The van der Waals surface area contributed by atoms with Crippen LogP contribution in [0.15, 0.2) is 0 Å². The second kappa shape index (κ2) is 4.60. The summed E-state index contributed by atoms with van der Waals surface area (Å²) in [6.07, 6.45) is 4.32. The summed E-state index contributed by atoms with van der Waals surface area (Å²) >= 11 is 0. The number of hydrogen-bond donors (Lipinski definition) is 0. The second-order valence-corrected chi connectivity index (χ2v) is 4.55. The Morgan fingerprint density at radius 2 is 2.14 bits per heavy atom. The van der Waals surface area contributed by atoms with Crippen molar-refractivity contribution in [2.75, 3.05) is 19.8 Å². The van der Waals surface area contributed by atoms with Gasteiger partial charge in [-0.15, -0.1) is 0 Å². The van der Waals surface area contributed by atoms with E-state index in [2.05, 4.69) is 18.7 Å². The van der Waals surface area contributed by atoms with E-state index < -0.39 is 0 Å². The SMILES string of the molecule is CC(C)N1CCCOCC1OC1CC1. The molecule has 0 aromatic rings. The van der Waals surface area contributed by atoms with E-state index >= 15 is 0 Å². The van der Waals surface area contributed by atoms with Crippen molar-refractivity contribution in [1.82, 2.24) is 4.90 Å². The summed E-state index contributed by atoms with van der Waals surface area (Å²) in [5.41, 5.74) is 0. The summed E-state index contributed by atoms with van der Waals surface area (Å²) in [4.78, 5) is 2.42. The van der Waals surface area contributed by atoms with E-state index in [0.29, 0.717) is 12.1 Å². The maximum Gasteiger partial charge on any atom is 0.134 e. The average molecular weight is 199 g/mol. The van der Waals surface area contributed by atoms with Gasteiger partial charge in [-0.3, -0.25) is 4.90 Å². The van der Waals surface area contributed by atoms with Gasteiger partial charge in [0.2, 0.25) is 0 Å². The van der Waals surface area contributed by atoms with Gasteiger partial charge in [0, 0.05) is 19.2 Å². The van der Waals surface area contributed by atoms with Crippen molar-refractivity contribution in [3.05, 3.63) is 0 Å². The van der Waals surface area contributed by atoms with E-state index in [9.17, 15) is 0 Å². The number of nitrogens with zero attached hydrogens (tertiary/aromatic N) is 1. The topological polar surface area (TPSA) is 21.7 Å². The molecule has 1 atom stereocenters. The molecule has 0 radical (unpaired) electrons. The first-order valence-corrected chi connectivity index (χ1v) is 5.76. The minimum atomic E-state index is 0.199. The van der Waals surface area contributed by atoms with Crippen molar-refractivity contribution >= 4 is 0 Å². The van der Waals surface area contributed by atoms with Crippen molar-refractivity contribution < 1.29 is 9.47 Å². The molecule has 82 valence electrons. The van der Waals surface area contributed by atoms with Crippen molar-refractivity contribution in [3.8, 4) is 0 Å². The van der Waals surface area contributed by atoms with Gasteiger partial charge >= 0.3 is 0 Å². The van der Waals surface area contributed by atoms with Gasteiger partial charge in [-0.25, -0.2) is 0 Å². The minimum Gasteiger partial charge on any atom is -0.377 e. The first-order valence-electron chi connectivity index (χ1n) is 5.76. The normalized spacial score (nSPS) is 30.6. The van der Waals surface area contributed by atoms with Crippen molar-refractivity contribution in [2.24, 2.45) is 0 Å². The molecular formula is C11H21NO2. The van der Waals surface area contributed by atoms with E-state index in [-0.39, 0.29) is 6.23 Å². The molecular weight excluding hydrogens is 178 g/mol. The average Bonchev–Trinajstić information content (AvgIpc) is 2.92. The van der Waals surface area contributed by atoms with Crippen LogP contribution in [0.5, 0.6) is 0 Å². The molecule has 2 fully saturated rings. The fourth-order valence-electron chi connectivity index (χ4n) is 1.91. The van der Waals surface area contributed by atoms with Gasteiger partial charge in [-0.1, -0.05) is 0 Å². The van der Waals surface area contributed by atoms with Crippen LogP contribution in [0.2, 0.25) is 0 Å². The van der Waals surface area contributed by atoms with E-state index in [1.54, 1.807) is 0 Å². The summed E-state index contributed by atoms with van der Waals surface area (Å²) in [6, 6.07) is 0.556. The van der Waals surface area contributed by atoms with Crippen LogP contribution in [0, 0.1) is 0 Å². The Morgan fingerprint density at radius 1 is 1.36 bits per heavy atom. The van der Waals surface area contributed by atoms with Gasteiger partial charge in [-0.2, -0.15) is 0 Å². The van der Waals surface area contributed by atoms with E-state index in [0.717, 1.165) is 26.2 Å². The van der Waals surface area contributed by atoms with Gasteiger partial charge in [0.15, 0.2) is 0 Å². The van der Waals surface area contributed by atoms with E-state index in [4.69, 9.17) is 9.47 Å². The molecule has 1 heterocycles. The molecule has 1 saturated carbocycles. The summed E-state index contributed by atoms with van der Waals surface area (Å²) in [6.45, 7) is 7.20. The second-order valence-electron chi connectivity index (χ2n) is 4.55. The Morgan fingerprint density at radius 3 is 2.79 bits per heavy atom. The summed E-state index contributed by atoms with van der Waals surface area (Å²) < 4.78 is 11.5. The zero-order chi connectivity index (χ0) is 9.97. The van der Waals surface area contributed by atoms with Gasteiger partial charge in [-0.05, 0) is 33.1 Å². The summed E-state index contributed by atoms with van der Waals surface area (Å²) in [5, 5.41) is 0. The third-order valence-corrected chi connectivity index (χ3v) is 2.87. The molecule has 0 spiro atoms. The van der Waals surface area contributed by atoms with Crippen LogP contribution in [0.1, 0.15) is 33.1 Å². The van der Waals surface area contributed by atoms with Crippen molar-refractivity contribution in [3.63, 3.8) is 0 Å². The zero-order valence-electron chi connectivity index (χ0n) is 9.24. The van der Waals surface area contributed by atoms with E-state index in [1.165, 1.54) is 12.8 Å². The standard InChI is InChI=1S/C11H21NO2/c1-9(2)12-6-3-7-13-8-11(12)14-10-4-5-10/h9-11H,3-8H2,1-2H3. The van der Waals surface area contributed by atoms with Crippen LogP contribution < -0.4 is 0 Å². The Labute approximate surface area is 86.4 Å². The monoisotopic (exact) mass is 199 g/mol. The molecule has 0 aromatic carbocycles. The third-order valence-electron chi connectivity index (χ3n) is 2.87. The van der Waals surface area contributed by atoms with Crippen LogP contribution in [0.3, 0.4) is 0 Å². The lowest BCUT2D eigenvalue weighted by Crippen LogP contribution is -2.44. The van der Waals surface area contributed by atoms with E-state index in [1.807, 2.05) is 0 Å². The lowest BCUT2D eigenvalue weighted by atomic mass is 10.3. The van der Waals surface area contributed by atoms with Crippen LogP contribution in [-0.2, 0) is 9.47 Å². The molecule has 0 amide bonds. The van der Waals surface area contributed by atoms with Crippen LogP contribution in [-0.4, -0.2) is 43.0 Å². The minimum absolute atomic E-state index is 0.199. The lowest BCUT2D eigenvalue weighted by molar-refractivity contribution is -0.103. The molecule has 0 aromatic heterocycles. The van der Waals surface area contributed by atoms with Crippen LogP contribution >= 0.6 is 0 Å². The van der Waals surface area contributed by atoms with Gasteiger partial charge in [0.1, 0.15) is 6.23 Å². The predicted molar refractivity (Wildman–Crippen MR) is 55.2 cm³/mol. The highest BCUT2D eigenvalue weighted by atomic mass is 16.6. The summed E-state index contributed by atoms with van der Waals surface area (Å²) in [7, 11) is 0. The predicted octanol–water partition coefficient (Wildman–Crippen LogP) is 1.62. The fraction of sp³-hybridized carbons (Fsp3) is 1.00. The summed E-state index contributed by atoms with van der Waals surface area (Å²) in [5.74, 6) is 0. The Balaban J connectivity index is 1.91. The Bertz CT molecular complexity index is 180. The quantitative estimate of drug-likeness (QED) is 0.689. The highest BCUT2D eigenvalue weighted by molar-refractivity contribution is 4.78. The molecule has 1 aliphatic carbocycles. The third kappa shape index (κ3) is 2.69. The Hall–Kier alpha value is -0.120. The zero-order valence-corrected chi connectivity index (χ0v) is 9.24. The lowest BCUT2D eigenvalue weighted by Gasteiger charge is -2.32. The first kappa shape index (κ1) is 10.4. The largest absolute Gasteiger partial charge is 0.377 e. The molecule has 2 aliphatic rings. The van der Waals surface area contributed by atoms with Gasteiger partial charge in [0.25, 0.3) is 0 Å². The van der Waals surface area contributed by atoms with Crippen molar-refractivity contribution in [2.45, 2.75) is 51.5 Å².